The van der Waals surface area contributed by atoms with E-state index in [1.807, 2.05) is 0 Å². The zero-order valence-corrected chi connectivity index (χ0v) is 9.99. The van der Waals surface area contributed by atoms with Gasteiger partial charge >= 0.3 is 18.0 Å². The molecule has 0 unspecified atom stereocenters. The van der Waals surface area contributed by atoms with Gasteiger partial charge in [-0.3, -0.25) is 4.90 Å². The number of rotatable bonds is 3. The summed E-state index contributed by atoms with van der Waals surface area (Å²) < 4.78 is 4.55. The zero-order valence-electron chi connectivity index (χ0n) is 9.99. The fraction of sp³-hybridized carbons (Fsp3) is 0.250. The number of ether oxygens (including phenoxy) is 1. The first kappa shape index (κ1) is 13.7. The van der Waals surface area contributed by atoms with Crippen molar-refractivity contribution in [1.82, 2.24) is 4.90 Å². The van der Waals surface area contributed by atoms with Crippen molar-refractivity contribution < 1.29 is 24.2 Å². The second-order valence-electron chi connectivity index (χ2n) is 3.65. The van der Waals surface area contributed by atoms with Gasteiger partial charge in [0, 0.05) is 7.05 Å². The lowest BCUT2D eigenvalue weighted by molar-refractivity contribution is -0.141. The summed E-state index contributed by atoms with van der Waals surface area (Å²) in [5.74, 6) is -1.99. The third-order valence-electron chi connectivity index (χ3n) is 2.42. The first-order valence-electron chi connectivity index (χ1n) is 5.20. The van der Waals surface area contributed by atoms with Gasteiger partial charge in [-0.15, -0.1) is 0 Å². The highest BCUT2D eigenvalue weighted by atomic mass is 16.6. The Hall–Kier alpha value is -2.37. The molecule has 1 aromatic carbocycles. The Labute approximate surface area is 104 Å². The number of aliphatic carboxylic acids is 1. The van der Waals surface area contributed by atoms with Crippen molar-refractivity contribution in [1.29, 1.82) is 0 Å². The second-order valence-corrected chi connectivity index (χ2v) is 3.65. The van der Waals surface area contributed by atoms with Crippen molar-refractivity contribution >= 4 is 18.0 Å². The molecule has 6 nitrogen and oxygen atoms in total. The number of carbonyl (C=O) groups excluding carboxylic acids is 2. The normalized spacial score (nSPS) is 11.4. The Balaban J connectivity index is 2.66. The molecular weight excluding hydrogens is 238 g/mol. The molecule has 0 aliphatic rings. The van der Waals surface area contributed by atoms with Crippen LogP contribution in [-0.2, 0) is 9.53 Å². The predicted molar refractivity (Wildman–Crippen MR) is 62.1 cm³/mol. The molecule has 0 heterocycles. The van der Waals surface area contributed by atoms with E-state index in [1.54, 1.807) is 18.2 Å². The van der Waals surface area contributed by atoms with Crippen LogP contribution in [0.15, 0.2) is 30.3 Å². The standard InChI is InChI=1S/C12H13NO5/c1-8(10(14)15)13(2)12(17)18-11(16)9-6-4-3-5-7-9/h3-8H,1-2H3,(H,14,15)/t8-/m0/s1. The Morgan fingerprint density at radius 2 is 1.78 bits per heavy atom. The molecule has 96 valence electrons. The van der Waals surface area contributed by atoms with E-state index < -0.39 is 24.1 Å². The summed E-state index contributed by atoms with van der Waals surface area (Å²) in [5.41, 5.74) is 0.224. The molecule has 1 rings (SSSR count). The van der Waals surface area contributed by atoms with Gasteiger partial charge in [0.1, 0.15) is 6.04 Å². The molecule has 0 saturated heterocycles. The minimum Gasteiger partial charge on any atom is -0.480 e. The number of carboxylic acids is 1. The molecule has 1 aromatic rings. The van der Waals surface area contributed by atoms with E-state index in [0.717, 1.165) is 4.90 Å². The number of hydrogen-bond donors (Lipinski definition) is 1. The molecule has 0 spiro atoms. The maximum atomic E-state index is 11.5. The van der Waals surface area contributed by atoms with Gasteiger partial charge in [-0.2, -0.15) is 0 Å². The van der Waals surface area contributed by atoms with Gasteiger partial charge in [0.2, 0.25) is 0 Å². The van der Waals surface area contributed by atoms with Gasteiger partial charge in [-0.25, -0.2) is 14.4 Å². The quantitative estimate of drug-likeness (QED) is 0.647. The van der Waals surface area contributed by atoms with Crippen LogP contribution in [0.1, 0.15) is 17.3 Å². The van der Waals surface area contributed by atoms with E-state index in [0.29, 0.717) is 0 Å². The van der Waals surface area contributed by atoms with E-state index >= 15 is 0 Å². The lowest BCUT2D eigenvalue weighted by atomic mass is 10.2. The topological polar surface area (TPSA) is 83.9 Å². The van der Waals surface area contributed by atoms with Gasteiger partial charge in [0.25, 0.3) is 0 Å². The van der Waals surface area contributed by atoms with Crippen LogP contribution in [0.5, 0.6) is 0 Å². The van der Waals surface area contributed by atoms with Crippen molar-refractivity contribution in [2.24, 2.45) is 0 Å². The molecule has 1 N–H and O–H groups in total. The first-order chi connectivity index (χ1) is 8.43. The molecule has 0 fully saturated rings. The van der Waals surface area contributed by atoms with Crippen molar-refractivity contribution in [3.63, 3.8) is 0 Å². The average Bonchev–Trinajstić information content (AvgIpc) is 2.37. The molecule has 18 heavy (non-hydrogen) atoms. The number of benzene rings is 1. The Morgan fingerprint density at radius 3 is 2.28 bits per heavy atom. The number of esters is 1. The second kappa shape index (κ2) is 5.81. The first-order valence-corrected chi connectivity index (χ1v) is 5.20. The average molecular weight is 251 g/mol. The third kappa shape index (κ3) is 3.31. The van der Waals surface area contributed by atoms with Crippen LogP contribution in [0.4, 0.5) is 4.79 Å². The fourth-order valence-corrected chi connectivity index (χ4v) is 1.11. The van der Waals surface area contributed by atoms with E-state index in [9.17, 15) is 14.4 Å². The molecule has 0 aliphatic carbocycles. The van der Waals surface area contributed by atoms with E-state index in [2.05, 4.69) is 4.74 Å². The third-order valence-corrected chi connectivity index (χ3v) is 2.42. The highest BCUT2D eigenvalue weighted by Gasteiger charge is 2.25. The van der Waals surface area contributed by atoms with Crippen molar-refractivity contribution in [3.05, 3.63) is 35.9 Å². The predicted octanol–water partition coefficient (Wildman–Crippen LogP) is 1.37. The number of likely N-dealkylation sites (N-methyl/N-ethyl adjacent to an activating group) is 1. The summed E-state index contributed by atoms with van der Waals surface area (Å²) in [6.45, 7) is 1.32. The van der Waals surface area contributed by atoms with E-state index in [4.69, 9.17) is 5.11 Å². The van der Waals surface area contributed by atoms with E-state index in [-0.39, 0.29) is 5.56 Å². The van der Waals surface area contributed by atoms with Gasteiger partial charge in [-0.1, -0.05) is 18.2 Å². The molecule has 0 radical (unpaired) electrons. The summed E-state index contributed by atoms with van der Waals surface area (Å²) in [7, 11) is 1.25. The van der Waals surface area contributed by atoms with Crippen LogP contribution >= 0.6 is 0 Å². The smallest absolute Gasteiger partial charge is 0.418 e. The van der Waals surface area contributed by atoms with Crippen LogP contribution < -0.4 is 0 Å². The van der Waals surface area contributed by atoms with Crippen molar-refractivity contribution in [3.8, 4) is 0 Å². The minimum absolute atomic E-state index is 0.224. The van der Waals surface area contributed by atoms with Gasteiger partial charge in [0.15, 0.2) is 0 Å². The van der Waals surface area contributed by atoms with Crippen molar-refractivity contribution in [2.45, 2.75) is 13.0 Å². The summed E-state index contributed by atoms with van der Waals surface area (Å²) in [6.07, 6.45) is -1.00. The highest BCUT2D eigenvalue weighted by Crippen LogP contribution is 2.05. The summed E-state index contributed by atoms with van der Waals surface area (Å²) >= 11 is 0. The molecule has 0 saturated carbocycles. The number of carboxylic acid groups (broad SMARTS) is 1. The lowest BCUT2D eigenvalue weighted by Gasteiger charge is -2.19. The van der Waals surface area contributed by atoms with Crippen LogP contribution in [-0.4, -0.2) is 41.1 Å². The van der Waals surface area contributed by atoms with Gasteiger partial charge in [0.05, 0.1) is 5.56 Å². The Bertz CT molecular complexity index is 457. The van der Waals surface area contributed by atoms with Crippen LogP contribution in [0.2, 0.25) is 0 Å². The largest absolute Gasteiger partial charge is 0.480 e. The molecule has 1 atom stereocenters. The van der Waals surface area contributed by atoms with Crippen LogP contribution in [0, 0.1) is 0 Å². The molecular formula is C12H13NO5. The maximum Gasteiger partial charge on any atom is 0.418 e. The fourth-order valence-electron chi connectivity index (χ4n) is 1.11. The maximum absolute atomic E-state index is 11.5. The molecule has 6 heteroatoms. The van der Waals surface area contributed by atoms with Gasteiger partial charge < -0.3 is 9.84 Å². The summed E-state index contributed by atoms with van der Waals surface area (Å²) in [6, 6.07) is 6.90. The van der Waals surface area contributed by atoms with E-state index in [1.165, 1.54) is 26.1 Å². The molecule has 0 aromatic heterocycles. The lowest BCUT2D eigenvalue weighted by Crippen LogP contribution is -2.41. The van der Waals surface area contributed by atoms with Crippen LogP contribution in [0.3, 0.4) is 0 Å². The Kier molecular flexibility index (Phi) is 4.42. The number of nitrogens with zero attached hydrogens (tertiary/aromatic N) is 1. The minimum atomic E-state index is -1.18. The highest BCUT2D eigenvalue weighted by molar-refractivity contribution is 5.96. The monoisotopic (exact) mass is 251 g/mol. The number of amides is 1. The number of carbonyl (C=O) groups is 3. The van der Waals surface area contributed by atoms with Crippen LogP contribution in [0.25, 0.3) is 0 Å². The zero-order chi connectivity index (χ0) is 13.7. The molecule has 1 amide bonds. The molecule has 0 bridgehead atoms. The Morgan fingerprint density at radius 1 is 1.22 bits per heavy atom. The SMILES string of the molecule is C[C@@H](C(=O)O)N(C)C(=O)OC(=O)c1ccccc1. The summed E-state index contributed by atoms with van der Waals surface area (Å²) in [4.78, 5) is 34.5. The van der Waals surface area contributed by atoms with Gasteiger partial charge in [-0.05, 0) is 19.1 Å². The van der Waals surface area contributed by atoms with Crippen molar-refractivity contribution in [2.75, 3.05) is 7.05 Å². The number of hydrogen-bond acceptors (Lipinski definition) is 4. The summed E-state index contributed by atoms with van der Waals surface area (Å²) in [5, 5.41) is 8.72. The molecule has 0 aliphatic heterocycles.